The lowest BCUT2D eigenvalue weighted by atomic mass is 10.1. The molecule has 0 saturated carbocycles. The number of nitrogens with zero attached hydrogens (tertiary/aromatic N) is 1. The minimum atomic E-state index is -4.29. The molecule has 1 aromatic rings. The van der Waals surface area contributed by atoms with Crippen molar-refractivity contribution >= 4 is 11.4 Å². The number of hydrogen-bond donors (Lipinski definition) is 2. The zero-order valence-corrected chi connectivity index (χ0v) is 12.3. The van der Waals surface area contributed by atoms with Crippen LogP contribution in [0.25, 0.3) is 0 Å². The van der Waals surface area contributed by atoms with Gasteiger partial charge in [-0.05, 0) is 25.0 Å². The van der Waals surface area contributed by atoms with Gasteiger partial charge in [-0.15, -0.1) is 0 Å². The number of alkyl halides is 3. The van der Waals surface area contributed by atoms with Crippen molar-refractivity contribution in [2.24, 2.45) is 0 Å². The van der Waals surface area contributed by atoms with E-state index >= 15 is 0 Å². The van der Waals surface area contributed by atoms with E-state index in [0.29, 0.717) is 6.54 Å². The van der Waals surface area contributed by atoms with E-state index in [1.54, 1.807) is 0 Å². The molecule has 0 amide bonds. The van der Waals surface area contributed by atoms with Crippen LogP contribution in [0.1, 0.15) is 12.8 Å². The molecule has 1 aliphatic heterocycles. The van der Waals surface area contributed by atoms with E-state index in [4.69, 9.17) is 0 Å². The van der Waals surface area contributed by atoms with Crippen LogP contribution in [0.15, 0.2) is 24.3 Å². The molecule has 0 spiro atoms. The van der Waals surface area contributed by atoms with Crippen LogP contribution in [-0.4, -0.2) is 50.2 Å². The number of rotatable bonds is 6. The third-order valence-corrected chi connectivity index (χ3v) is 3.54. The van der Waals surface area contributed by atoms with E-state index < -0.39 is 12.8 Å². The summed E-state index contributed by atoms with van der Waals surface area (Å²) in [7, 11) is 0. The van der Waals surface area contributed by atoms with Crippen molar-refractivity contribution in [1.29, 1.82) is 0 Å². The molecule has 0 unspecified atom stereocenters. The first-order chi connectivity index (χ1) is 10.5. The zero-order chi connectivity index (χ0) is 16.0. The Balaban J connectivity index is 1.83. The number of halogens is 3. The summed E-state index contributed by atoms with van der Waals surface area (Å²) in [4.78, 5) is 2.17. The minimum Gasteiger partial charge on any atom is -0.393 e. The van der Waals surface area contributed by atoms with Gasteiger partial charge >= 0.3 is 6.18 Å². The fourth-order valence-corrected chi connectivity index (χ4v) is 2.45. The number of aliphatic hydroxyl groups excluding tert-OH is 1. The summed E-state index contributed by atoms with van der Waals surface area (Å²) in [6, 6.07) is 7.66. The number of para-hydroxylation sites is 2. The molecule has 2 N–H and O–H groups in total. The van der Waals surface area contributed by atoms with E-state index in [9.17, 15) is 18.3 Å². The summed E-state index contributed by atoms with van der Waals surface area (Å²) in [6.07, 6.45) is -3.08. The second-order valence-corrected chi connectivity index (χ2v) is 5.33. The summed E-state index contributed by atoms with van der Waals surface area (Å²) in [5, 5.41) is 12.7. The number of anilines is 2. The molecule has 4 nitrogen and oxygen atoms in total. The molecule has 1 heterocycles. The topological polar surface area (TPSA) is 44.7 Å². The van der Waals surface area contributed by atoms with Gasteiger partial charge < -0.3 is 20.1 Å². The van der Waals surface area contributed by atoms with Crippen LogP contribution in [0.3, 0.4) is 0 Å². The number of nitrogens with one attached hydrogen (secondary N) is 1. The first-order valence-corrected chi connectivity index (χ1v) is 7.36. The average molecular weight is 318 g/mol. The molecule has 1 aliphatic rings. The second kappa shape index (κ2) is 7.69. The fourth-order valence-electron chi connectivity index (χ4n) is 2.45. The molecule has 124 valence electrons. The van der Waals surface area contributed by atoms with Crippen LogP contribution < -0.4 is 10.2 Å². The third kappa shape index (κ3) is 5.38. The Kier molecular flexibility index (Phi) is 5.90. The SMILES string of the molecule is OC1CCN(c2ccccc2NCCOCC(F)(F)F)CC1. The van der Waals surface area contributed by atoms with Crippen LogP contribution in [0.5, 0.6) is 0 Å². The predicted molar refractivity (Wildman–Crippen MR) is 79.3 cm³/mol. The third-order valence-electron chi connectivity index (χ3n) is 3.54. The Hall–Kier alpha value is -1.47. The average Bonchev–Trinajstić information content (AvgIpc) is 2.47. The number of piperidine rings is 1. The van der Waals surface area contributed by atoms with Crippen molar-refractivity contribution in [2.75, 3.05) is 43.1 Å². The lowest BCUT2D eigenvalue weighted by Gasteiger charge is -2.33. The normalized spacial score (nSPS) is 16.8. The van der Waals surface area contributed by atoms with E-state index in [-0.39, 0.29) is 12.7 Å². The molecule has 7 heteroatoms. The molecule has 0 radical (unpaired) electrons. The van der Waals surface area contributed by atoms with Crippen molar-refractivity contribution in [1.82, 2.24) is 0 Å². The quantitative estimate of drug-likeness (QED) is 0.792. The van der Waals surface area contributed by atoms with Gasteiger partial charge in [-0.1, -0.05) is 12.1 Å². The summed E-state index contributed by atoms with van der Waals surface area (Å²) in [5.74, 6) is 0. The van der Waals surface area contributed by atoms with Crippen molar-refractivity contribution in [2.45, 2.75) is 25.1 Å². The van der Waals surface area contributed by atoms with Crippen molar-refractivity contribution in [3.8, 4) is 0 Å². The largest absolute Gasteiger partial charge is 0.411 e. The summed E-state index contributed by atoms with van der Waals surface area (Å²) >= 11 is 0. The summed E-state index contributed by atoms with van der Waals surface area (Å²) < 4.78 is 40.5. The smallest absolute Gasteiger partial charge is 0.393 e. The number of hydrogen-bond acceptors (Lipinski definition) is 4. The Labute approximate surface area is 127 Å². The predicted octanol–water partition coefficient (Wildman–Crippen LogP) is 2.64. The van der Waals surface area contributed by atoms with Gasteiger partial charge in [0, 0.05) is 19.6 Å². The first kappa shape index (κ1) is 16.9. The highest BCUT2D eigenvalue weighted by Crippen LogP contribution is 2.28. The lowest BCUT2D eigenvalue weighted by Crippen LogP contribution is -2.36. The van der Waals surface area contributed by atoms with Gasteiger partial charge in [0.25, 0.3) is 0 Å². The number of aliphatic hydroxyl groups is 1. The minimum absolute atomic E-state index is 0.00738. The zero-order valence-electron chi connectivity index (χ0n) is 12.3. The van der Waals surface area contributed by atoms with E-state index in [0.717, 1.165) is 37.3 Å². The van der Waals surface area contributed by atoms with Gasteiger partial charge in [-0.2, -0.15) is 13.2 Å². The van der Waals surface area contributed by atoms with Crippen molar-refractivity contribution in [3.05, 3.63) is 24.3 Å². The van der Waals surface area contributed by atoms with Gasteiger partial charge in [0.15, 0.2) is 0 Å². The van der Waals surface area contributed by atoms with Gasteiger partial charge in [-0.25, -0.2) is 0 Å². The Morgan fingerprint density at radius 2 is 1.91 bits per heavy atom. The van der Waals surface area contributed by atoms with Crippen LogP contribution in [0.4, 0.5) is 24.5 Å². The highest BCUT2D eigenvalue weighted by molar-refractivity contribution is 5.70. The fraction of sp³-hybridized carbons (Fsp3) is 0.600. The molecule has 2 rings (SSSR count). The molecule has 0 aromatic heterocycles. The van der Waals surface area contributed by atoms with E-state index in [2.05, 4.69) is 15.0 Å². The monoisotopic (exact) mass is 318 g/mol. The van der Waals surface area contributed by atoms with Gasteiger partial charge in [-0.3, -0.25) is 0 Å². The van der Waals surface area contributed by atoms with Crippen LogP contribution in [0.2, 0.25) is 0 Å². The standard InChI is InChI=1S/C15H21F3N2O2/c16-15(17,18)11-22-10-7-19-13-3-1-2-4-14(13)20-8-5-12(21)6-9-20/h1-4,12,19,21H,5-11H2. The first-order valence-electron chi connectivity index (χ1n) is 7.36. The highest BCUT2D eigenvalue weighted by Gasteiger charge is 2.27. The van der Waals surface area contributed by atoms with Crippen LogP contribution >= 0.6 is 0 Å². The second-order valence-electron chi connectivity index (χ2n) is 5.33. The number of benzene rings is 1. The van der Waals surface area contributed by atoms with Crippen LogP contribution in [-0.2, 0) is 4.74 Å². The van der Waals surface area contributed by atoms with E-state index in [1.165, 1.54) is 0 Å². The Morgan fingerprint density at radius 1 is 1.23 bits per heavy atom. The van der Waals surface area contributed by atoms with Gasteiger partial charge in [0.05, 0.1) is 24.1 Å². The van der Waals surface area contributed by atoms with Gasteiger partial charge in [0.1, 0.15) is 6.61 Å². The molecular formula is C15H21F3N2O2. The number of ether oxygens (including phenoxy) is 1. The maximum Gasteiger partial charge on any atom is 0.411 e. The Morgan fingerprint density at radius 3 is 2.59 bits per heavy atom. The highest BCUT2D eigenvalue weighted by atomic mass is 19.4. The summed E-state index contributed by atoms with van der Waals surface area (Å²) in [6.45, 7) is 0.616. The van der Waals surface area contributed by atoms with E-state index in [1.807, 2.05) is 24.3 Å². The van der Waals surface area contributed by atoms with Crippen molar-refractivity contribution < 1.29 is 23.0 Å². The van der Waals surface area contributed by atoms with Crippen molar-refractivity contribution in [3.63, 3.8) is 0 Å². The summed E-state index contributed by atoms with van der Waals surface area (Å²) in [5.41, 5.74) is 1.87. The molecule has 0 aliphatic carbocycles. The molecule has 1 fully saturated rings. The van der Waals surface area contributed by atoms with Gasteiger partial charge in [0.2, 0.25) is 0 Å². The maximum absolute atomic E-state index is 12.0. The molecule has 0 bridgehead atoms. The molecule has 1 saturated heterocycles. The molecule has 1 aromatic carbocycles. The molecular weight excluding hydrogens is 297 g/mol. The van der Waals surface area contributed by atoms with Crippen LogP contribution in [0, 0.1) is 0 Å². The Bertz CT molecular complexity index is 460. The molecule has 0 atom stereocenters. The molecule has 22 heavy (non-hydrogen) atoms. The lowest BCUT2D eigenvalue weighted by molar-refractivity contribution is -0.172. The maximum atomic E-state index is 12.0.